The van der Waals surface area contributed by atoms with E-state index in [1.165, 1.54) is 0 Å². The van der Waals surface area contributed by atoms with Gasteiger partial charge in [0.1, 0.15) is 5.69 Å². The fourth-order valence-corrected chi connectivity index (χ4v) is 2.18. The van der Waals surface area contributed by atoms with Crippen molar-refractivity contribution in [3.8, 4) is 0 Å². The molecule has 1 aliphatic carbocycles. The van der Waals surface area contributed by atoms with Crippen molar-refractivity contribution in [3.05, 3.63) is 18.2 Å². The molecule has 1 saturated carbocycles. The van der Waals surface area contributed by atoms with Crippen LogP contribution in [0.1, 0.15) is 35.8 Å². The van der Waals surface area contributed by atoms with Crippen LogP contribution in [0.3, 0.4) is 0 Å². The highest BCUT2D eigenvalue weighted by Crippen LogP contribution is 2.32. The van der Waals surface area contributed by atoms with Crippen LogP contribution in [0.15, 0.2) is 12.5 Å². The first-order valence-electron chi connectivity index (χ1n) is 4.86. The highest BCUT2D eigenvalue weighted by Gasteiger charge is 2.29. The maximum Gasteiger partial charge on any atom is 0.168 e. The second-order valence-electron chi connectivity index (χ2n) is 3.62. The molecule has 2 atom stereocenters. The maximum atomic E-state index is 10.7. The summed E-state index contributed by atoms with van der Waals surface area (Å²) >= 11 is 0. The van der Waals surface area contributed by atoms with Gasteiger partial charge in [-0.3, -0.25) is 4.79 Å². The van der Waals surface area contributed by atoms with Crippen LogP contribution in [-0.2, 0) is 4.74 Å². The molecule has 1 heterocycles. The van der Waals surface area contributed by atoms with Gasteiger partial charge in [0, 0.05) is 7.11 Å². The molecule has 4 heteroatoms. The van der Waals surface area contributed by atoms with Crippen LogP contribution in [0.4, 0.5) is 0 Å². The van der Waals surface area contributed by atoms with Gasteiger partial charge in [-0.2, -0.15) is 0 Å². The van der Waals surface area contributed by atoms with Crippen LogP contribution in [0, 0.1) is 0 Å². The van der Waals surface area contributed by atoms with Gasteiger partial charge in [-0.1, -0.05) is 0 Å². The smallest absolute Gasteiger partial charge is 0.168 e. The minimum Gasteiger partial charge on any atom is -0.379 e. The molecular weight excluding hydrogens is 180 g/mol. The molecule has 76 valence electrons. The van der Waals surface area contributed by atoms with Crippen molar-refractivity contribution >= 4 is 6.29 Å². The van der Waals surface area contributed by atoms with Crippen LogP contribution in [-0.4, -0.2) is 29.1 Å². The number of carbonyl (C=O) groups is 1. The van der Waals surface area contributed by atoms with Crippen molar-refractivity contribution < 1.29 is 9.53 Å². The molecule has 0 N–H and O–H groups in total. The Hall–Kier alpha value is -1.16. The van der Waals surface area contributed by atoms with E-state index in [9.17, 15) is 4.79 Å². The summed E-state index contributed by atoms with van der Waals surface area (Å²) in [6.07, 6.45) is 7.66. The summed E-state index contributed by atoms with van der Waals surface area (Å²) in [6.45, 7) is 0. The van der Waals surface area contributed by atoms with Gasteiger partial charge in [0.05, 0.1) is 24.7 Å². The lowest BCUT2D eigenvalue weighted by Crippen LogP contribution is -2.21. The number of hydrogen-bond donors (Lipinski definition) is 0. The second-order valence-corrected chi connectivity index (χ2v) is 3.62. The maximum absolute atomic E-state index is 10.7. The monoisotopic (exact) mass is 194 g/mol. The fraction of sp³-hybridized carbons (Fsp3) is 0.600. The van der Waals surface area contributed by atoms with Gasteiger partial charge < -0.3 is 9.30 Å². The van der Waals surface area contributed by atoms with Crippen LogP contribution in [0.5, 0.6) is 0 Å². The summed E-state index contributed by atoms with van der Waals surface area (Å²) in [7, 11) is 1.72. The molecule has 2 unspecified atom stereocenters. The summed E-state index contributed by atoms with van der Waals surface area (Å²) in [6, 6.07) is 0.280. The molecule has 1 aromatic rings. The third-order valence-electron chi connectivity index (χ3n) is 2.89. The number of imidazole rings is 1. The van der Waals surface area contributed by atoms with Crippen molar-refractivity contribution in [1.82, 2.24) is 9.55 Å². The van der Waals surface area contributed by atoms with Gasteiger partial charge in [0.25, 0.3) is 0 Å². The Balaban J connectivity index is 2.25. The largest absolute Gasteiger partial charge is 0.379 e. The van der Waals surface area contributed by atoms with Crippen LogP contribution >= 0.6 is 0 Å². The Kier molecular flexibility index (Phi) is 2.63. The third kappa shape index (κ3) is 1.46. The Labute approximate surface area is 82.9 Å². The molecule has 1 aliphatic rings. The van der Waals surface area contributed by atoms with Crippen molar-refractivity contribution in [2.45, 2.75) is 31.4 Å². The highest BCUT2D eigenvalue weighted by atomic mass is 16.5. The lowest BCUT2D eigenvalue weighted by molar-refractivity contribution is 0.0738. The summed E-state index contributed by atoms with van der Waals surface area (Å²) in [5.74, 6) is 0. The van der Waals surface area contributed by atoms with Gasteiger partial charge in [-0.25, -0.2) is 4.98 Å². The molecule has 0 bridgehead atoms. The third-order valence-corrected chi connectivity index (χ3v) is 2.89. The Morgan fingerprint density at radius 3 is 3.21 bits per heavy atom. The quantitative estimate of drug-likeness (QED) is 0.684. The number of methoxy groups -OCH3 is 1. The van der Waals surface area contributed by atoms with Gasteiger partial charge in [-0.05, 0) is 19.3 Å². The zero-order valence-corrected chi connectivity index (χ0v) is 8.22. The van der Waals surface area contributed by atoms with E-state index in [4.69, 9.17) is 4.74 Å². The number of rotatable bonds is 3. The van der Waals surface area contributed by atoms with Crippen molar-refractivity contribution in [3.63, 3.8) is 0 Å². The normalized spacial score (nSPS) is 26.6. The van der Waals surface area contributed by atoms with Crippen molar-refractivity contribution in [1.29, 1.82) is 0 Å². The molecular formula is C10H14N2O2. The lowest BCUT2D eigenvalue weighted by Gasteiger charge is -2.20. The van der Waals surface area contributed by atoms with Crippen LogP contribution in [0.2, 0.25) is 0 Å². The zero-order chi connectivity index (χ0) is 9.97. The minimum absolute atomic E-state index is 0.225. The van der Waals surface area contributed by atoms with E-state index < -0.39 is 0 Å². The Morgan fingerprint density at radius 2 is 2.50 bits per heavy atom. The Morgan fingerprint density at radius 1 is 1.64 bits per heavy atom. The molecule has 0 saturated heterocycles. The first-order chi connectivity index (χ1) is 6.86. The van der Waals surface area contributed by atoms with E-state index in [0.717, 1.165) is 25.5 Å². The van der Waals surface area contributed by atoms with Gasteiger partial charge in [0.2, 0.25) is 0 Å². The van der Waals surface area contributed by atoms with Crippen LogP contribution in [0.25, 0.3) is 0 Å². The van der Waals surface area contributed by atoms with E-state index in [1.807, 2.05) is 4.57 Å². The second kappa shape index (κ2) is 3.92. The molecule has 0 spiro atoms. The topological polar surface area (TPSA) is 44.1 Å². The minimum atomic E-state index is 0.225. The molecule has 1 aromatic heterocycles. The first kappa shape index (κ1) is 9.40. The summed E-state index contributed by atoms with van der Waals surface area (Å²) in [4.78, 5) is 14.7. The number of nitrogens with zero attached hydrogens (tertiary/aromatic N) is 2. The molecule has 4 nitrogen and oxygen atoms in total. The number of ether oxygens (including phenoxy) is 1. The number of aromatic nitrogens is 2. The SMILES string of the molecule is COC1CCCC1n1cncc1C=O. The zero-order valence-electron chi connectivity index (χ0n) is 8.22. The molecule has 2 rings (SSSR count). The molecule has 0 radical (unpaired) electrons. The number of carbonyl (C=O) groups excluding carboxylic acids is 1. The van der Waals surface area contributed by atoms with E-state index in [0.29, 0.717) is 5.69 Å². The number of aldehydes is 1. The predicted molar refractivity (Wildman–Crippen MR) is 51.3 cm³/mol. The standard InChI is InChI=1S/C10H14N2O2/c1-14-10-4-2-3-9(10)12-7-11-5-8(12)6-13/h5-7,9-10H,2-4H2,1H3. The number of hydrogen-bond acceptors (Lipinski definition) is 3. The molecule has 1 fully saturated rings. The van der Waals surface area contributed by atoms with Gasteiger partial charge >= 0.3 is 0 Å². The average Bonchev–Trinajstić information content (AvgIpc) is 2.85. The lowest BCUT2D eigenvalue weighted by atomic mass is 10.2. The van der Waals surface area contributed by atoms with E-state index in [1.54, 1.807) is 19.6 Å². The summed E-state index contributed by atoms with van der Waals surface area (Å²) < 4.78 is 7.31. The first-order valence-corrected chi connectivity index (χ1v) is 4.86. The highest BCUT2D eigenvalue weighted by molar-refractivity contribution is 5.71. The predicted octanol–water partition coefficient (Wildman–Crippen LogP) is 1.44. The van der Waals surface area contributed by atoms with Crippen molar-refractivity contribution in [2.24, 2.45) is 0 Å². The molecule has 0 amide bonds. The van der Waals surface area contributed by atoms with E-state index in [2.05, 4.69) is 4.98 Å². The summed E-state index contributed by atoms with van der Waals surface area (Å²) in [5.41, 5.74) is 0.638. The van der Waals surface area contributed by atoms with Gasteiger partial charge in [-0.15, -0.1) is 0 Å². The van der Waals surface area contributed by atoms with Gasteiger partial charge in [0.15, 0.2) is 6.29 Å². The van der Waals surface area contributed by atoms with Crippen LogP contribution < -0.4 is 0 Å². The van der Waals surface area contributed by atoms with Crippen molar-refractivity contribution in [2.75, 3.05) is 7.11 Å². The molecule has 14 heavy (non-hydrogen) atoms. The van der Waals surface area contributed by atoms with E-state index in [-0.39, 0.29) is 12.1 Å². The fourth-order valence-electron chi connectivity index (χ4n) is 2.18. The molecule has 0 aromatic carbocycles. The molecule has 0 aliphatic heterocycles. The Bertz CT molecular complexity index is 322. The van der Waals surface area contributed by atoms with E-state index >= 15 is 0 Å². The summed E-state index contributed by atoms with van der Waals surface area (Å²) in [5, 5.41) is 0. The average molecular weight is 194 g/mol.